The van der Waals surface area contributed by atoms with Gasteiger partial charge in [-0.25, -0.2) is 0 Å². The predicted molar refractivity (Wildman–Crippen MR) is 93.5 cm³/mol. The first-order chi connectivity index (χ1) is 11.6. The summed E-state index contributed by atoms with van der Waals surface area (Å²) in [5.74, 6) is 0.510. The van der Waals surface area contributed by atoms with Crippen LogP contribution < -0.4 is 5.43 Å². The lowest BCUT2D eigenvalue weighted by molar-refractivity contribution is -0.384. The Morgan fingerprint density at radius 2 is 2.08 bits per heavy atom. The van der Waals surface area contributed by atoms with Crippen molar-refractivity contribution in [1.82, 2.24) is 10.2 Å². The van der Waals surface area contributed by atoms with E-state index in [1.807, 2.05) is 24.3 Å². The van der Waals surface area contributed by atoms with Crippen molar-refractivity contribution in [2.24, 2.45) is 5.10 Å². The summed E-state index contributed by atoms with van der Waals surface area (Å²) < 4.78 is 0. The van der Waals surface area contributed by atoms with Crippen LogP contribution in [0.3, 0.4) is 0 Å². The Hall–Kier alpha value is -3.06. The second-order valence-corrected chi connectivity index (χ2v) is 5.42. The van der Waals surface area contributed by atoms with Crippen molar-refractivity contribution in [1.29, 1.82) is 0 Å². The monoisotopic (exact) mass is 341 g/mol. The standard InChI is InChI=1S/C16H12ClN5O2/c1-10(11-6-7-14(17)15(8-11)22(23)24)19-21-16-13-5-3-2-4-12(13)9-18-20-16/h2-9H,1H3,(H,20,21). The SMILES string of the molecule is CC(=NNc1nncc2ccccc12)c1ccc(Cl)c([N+](=O)[O-])c1. The molecule has 120 valence electrons. The maximum atomic E-state index is 11.0. The van der Waals surface area contributed by atoms with Gasteiger partial charge in [-0.3, -0.25) is 15.5 Å². The Bertz CT molecular complexity index is 953. The highest BCUT2D eigenvalue weighted by Crippen LogP contribution is 2.25. The fraction of sp³-hybridized carbons (Fsp3) is 0.0625. The highest BCUT2D eigenvalue weighted by Gasteiger charge is 2.13. The average Bonchev–Trinajstić information content (AvgIpc) is 2.59. The average molecular weight is 342 g/mol. The van der Waals surface area contributed by atoms with E-state index in [1.165, 1.54) is 12.1 Å². The Kier molecular flexibility index (Phi) is 4.35. The van der Waals surface area contributed by atoms with Gasteiger partial charge < -0.3 is 0 Å². The number of aromatic nitrogens is 2. The Morgan fingerprint density at radius 1 is 1.29 bits per heavy atom. The molecule has 0 spiro atoms. The number of fused-ring (bicyclic) bond motifs is 1. The van der Waals surface area contributed by atoms with E-state index in [2.05, 4.69) is 20.7 Å². The van der Waals surface area contributed by atoms with E-state index in [1.54, 1.807) is 19.2 Å². The van der Waals surface area contributed by atoms with E-state index in [0.717, 1.165) is 10.8 Å². The summed E-state index contributed by atoms with van der Waals surface area (Å²) in [6, 6.07) is 12.2. The highest BCUT2D eigenvalue weighted by atomic mass is 35.5. The van der Waals surface area contributed by atoms with Crippen LogP contribution in [-0.4, -0.2) is 20.8 Å². The second-order valence-electron chi connectivity index (χ2n) is 5.01. The molecule has 0 fully saturated rings. The molecule has 0 aliphatic rings. The van der Waals surface area contributed by atoms with Crippen LogP contribution in [0.4, 0.5) is 11.5 Å². The summed E-state index contributed by atoms with van der Waals surface area (Å²) in [4.78, 5) is 10.4. The smallest absolute Gasteiger partial charge is 0.259 e. The fourth-order valence-electron chi connectivity index (χ4n) is 2.19. The molecule has 24 heavy (non-hydrogen) atoms. The number of benzene rings is 2. The molecule has 0 aliphatic heterocycles. The van der Waals surface area contributed by atoms with Crippen molar-refractivity contribution >= 4 is 39.6 Å². The number of anilines is 1. The van der Waals surface area contributed by atoms with Gasteiger partial charge in [-0.05, 0) is 13.0 Å². The zero-order valence-electron chi connectivity index (χ0n) is 12.6. The Morgan fingerprint density at radius 3 is 2.88 bits per heavy atom. The van der Waals surface area contributed by atoms with Crippen molar-refractivity contribution in [3.63, 3.8) is 0 Å². The van der Waals surface area contributed by atoms with Gasteiger partial charge in [0.05, 0.1) is 16.8 Å². The lowest BCUT2D eigenvalue weighted by atomic mass is 10.1. The number of nitrogens with zero attached hydrogens (tertiary/aromatic N) is 4. The van der Waals surface area contributed by atoms with Crippen molar-refractivity contribution in [3.8, 4) is 0 Å². The predicted octanol–water partition coefficient (Wildman–Crippen LogP) is 4.03. The van der Waals surface area contributed by atoms with Gasteiger partial charge in [-0.2, -0.15) is 10.2 Å². The van der Waals surface area contributed by atoms with Gasteiger partial charge in [0.15, 0.2) is 5.82 Å². The molecule has 8 heteroatoms. The molecular weight excluding hydrogens is 330 g/mol. The molecule has 1 aromatic heterocycles. The topological polar surface area (TPSA) is 93.3 Å². The molecule has 0 saturated carbocycles. The van der Waals surface area contributed by atoms with E-state index in [4.69, 9.17) is 11.6 Å². The quantitative estimate of drug-likeness (QED) is 0.439. The summed E-state index contributed by atoms with van der Waals surface area (Å²) in [6.07, 6.45) is 1.67. The Balaban J connectivity index is 1.91. The van der Waals surface area contributed by atoms with Crippen LogP contribution in [0.15, 0.2) is 53.8 Å². The summed E-state index contributed by atoms with van der Waals surface area (Å²) >= 11 is 5.82. The maximum absolute atomic E-state index is 11.0. The van der Waals surface area contributed by atoms with Crippen molar-refractivity contribution in [2.75, 3.05) is 5.43 Å². The zero-order valence-corrected chi connectivity index (χ0v) is 13.4. The van der Waals surface area contributed by atoms with Crippen LogP contribution >= 0.6 is 11.6 Å². The number of nitrogens with one attached hydrogen (secondary N) is 1. The minimum Gasteiger partial charge on any atom is -0.259 e. The second kappa shape index (κ2) is 6.59. The van der Waals surface area contributed by atoms with E-state index < -0.39 is 4.92 Å². The molecule has 0 amide bonds. The minimum absolute atomic E-state index is 0.0874. The van der Waals surface area contributed by atoms with Crippen molar-refractivity contribution in [2.45, 2.75) is 6.92 Å². The van der Waals surface area contributed by atoms with Crippen LogP contribution in [0.5, 0.6) is 0 Å². The van der Waals surface area contributed by atoms with Gasteiger partial charge in [0.1, 0.15) is 5.02 Å². The van der Waals surface area contributed by atoms with Gasteiger partial charge in [-0.15, -0.1) is 5.10 Å². The van der Waals surface area contributed by atoms with Crippen LogP contribution in [-0.2, 0) is 0 Å². The highest BCUT2D eigenvalue weighted by molar-refractivity contribution is 6.32. The number of nitro benzene ring substituents is 1. The van der Waals surface area contributed by atoms with E-state index >= 15 is 0 Å². The third-order valence-electron chi connectivity index (χ3n) is 3.46. The molecule has 0 unspecified atom stereocenters. The van der Waals surface area contributed by atoms with Gasteiger partial charge in [0, 0.05) is 22.4 Å². The number of hydrogen-bond acceptors (Lipinski definition) is 6. The summed E-state index contributed by atoms with van der Waals surface area (Å²) in [5, 5.41) is 25.1. The third kappa shape index (κ3) is 3.16. The molecule has 0 atom stereocenters. The molecular formula is C16H12ClN5O2. The minimum atomic E-state index is -0.525. The summed E-state index contributed by atoms with van der Waals surface area (Å²) in [6.45, 7) is 1.73. The molecule has 0 saturated heterocycles. The number of hydrogen-bond donors (Lipinski definition) is 1. The lowest BCUT2D eigenvalue weighted by Crippen LogP contribution is -2.03. The van der Waals surface area contributed by atoms with Crippen LogP contribution in [0.2, 0.25) is 5.02 Å². The molecule has 3 aromatic rings. The molecule has 1 N–H and O–H groups in total. The third-order valence-corrected chi connectivity index (χ3v) is 3.78. The molecule has 0 radical (unpaired) electrons. The van der Waals surface area contributed by atoms with E-state index in [9.17, 15) is 10.1 Å². The van der Waals surface area contributed by atoms with Gasteiger partial charge in [0.2, 0.25) is 0 Å². The molecule has 2 aromatic carbocycles. The fourth-order valence-corrected chi connectivity index (χ4v) is 2.38. The van der Waals surface area contributed by atoms with Gasteiger partial charge in [0.25, 0.3) is 5.69 Å². The van der Waals surface area contributed by atoms with E-state index in [0.29, 0.717) is 17.1 Å². The molecule has 0 aliphatic carbocycles. The summed E-state index contributed by atoms with van der Waals surface area (Å²) in [5.41, 5.74) is 3.85. The lowest BCUT2D eigenvalue weighted by Gasteiger charge is -2.06. The first-order valence-electron chi connectivity index (χ1n) is 7.01. The number of nitro groups is 1. The van der Waals surface area contributed by atoms with Gasteiger partial charge in [-0.1, -0.05) is 41.9 Å². The largest absolute Gasteiger partial charge is 0.288 e. The van der Waals surface area contributed by atoms with Gasteiger partial charge >= 0.3 is 0 Å². The van der Waals surface area contributed by atoms with Crippen LogP contribution in [0, 0.1) is 10.1 Å². The Labute approximate surface area is 142 Å². The summed E-state index contributed by atoms with van der Waals surface area (Å²) in [7, 11) is 0. The van der Waals surface area contributed by atoms with Crippen molar-refractivity contribution in [3.05, 3.63) is 69.4 Å². The first kappa shape index (κ1) is 15.8. The number of halogens is 1. The number of hydrazone groups is 1. The number of rotatable bonds is 4. The first-order valence-corrected chi connectivity index (χ1v) is 7.39. The van der Waals surface area contributed by atoms with Crippen LogP contribution in [0.25, 0.3) is 10.8 Å². The van der Waals surface area contributed by atoms with Crippen molar-refractivity contribution < 1.29 is 4.92 Å². The molecule has 3 rings (SSSR count). The van der Waals surface area contributed by atoms with Crippen LogP contribution in [0.1, 0.15) is 12.5 Å². The van der Waals surface area contributed by atoms with E-state index in [-0.39, 0.29) is 10.7 Å². The molecule has 7 nitrogen and oxygen atoms in total. The normalized spacial score (nSPS) is 11.5. The maximum Gasteiger partial charge on any atom is 0.288 e. The molecule has 1 heterocycles. The molecule has 0 bridgehead atoms. The zero-order chi connectivity index (χ0) is 17.1.